The molecule has 108 valence electrons. The van der Waals surface area contributed by atoms with E-state index in [-0.39, 0.29) is 6.61 Å². The first-order valence-corrected chi connectivity index (χ1v) is 6.09. The predicted molar refractivity (Wildman–Crippen MR) is 56.7 cm³/mol. The van der Waals surface area contributed by atoms with E-state index < -0.39 is 49.3 Å². The van der Waals surface area contributed by atoms with Gasteiger partial charge in [0, 0.05) is 0 Å². The average Bonchev–Trinajstić information content (AvgIpc) is 2.80. The highest BCUT2D eigenvalue weighted by Gasteiger charge is 2.55. The van der Waals surface area contributed by atoms with Crippen LogP contribution in [-0.4, -0.2) is 68.1 Å². The summed E-state index contributed by atoms with van der Waals surface area (Å²) >= 11 is 0. The lowest BCUT2D eigenvalue weighted by Crippen LogP contribution is -2.62. The number of fused-ring (bicyclic) bond motifs is 3. The number of ether oxygens (including phenoxy) is 6. The van der Waals surface area contributed by atoms with E-state index in [9.17, 15) is 9.90 Å². The molecule has 19 heavy (non-hydrogen) atoms. The molecule has 1 N–H and O–H groups in total. The molecule has 0 saturated carbocycles. The summed E-state index contributed by atoms with van der Waals surface area (Å²) in [4.78, 5) is 11.4. The monoisotopic (exact) mass is 276 g/mol. The molecule has 0 radical (unpaired) electrons. The number of methoxy groups -OCH3 is 1. The molecule has 3 aliphatic rings. The molecule has 0 aliphatic carbocycles. The smallest absolute Gasteiger partial charge is 0.363 e. The minimum absolute atomic E-state index is 0.114. The molecule has 8 nitrogen and oxygen atoms in total. The van der Waals surface area contributed by atoms with Crippen molar-refractivity contribution in [1.82, 2.24) is 0 Å². The van der Waals surface area contributed by atoms with Gasteiger partial charge in [-0.1, -0.05) is 0 Å². The SMILES string of the molecule is COC(=O)C1OCC2OC(O)C3OC(C)OC3C2O1. The Balaban J connectivity index is 1.75. The van der Waals surface area contributed by atoms with Gasteiger partial charge in [0.2, 0.25) is 0 Å². The van der Waals surface area contributed by atoms with E-state index >= 15 is 0 Å². The Kier molecular flexibility index (Phi) is 3.46. The van der Waals surface area contributed by atoms with Gasteiger partial charge in [0.25, 0.3) is 6.29 Å². The summed E-state index contributed by atoms with van der Waals surface area (Å²) in [6, 6.07) is 0. The second-order valence-electron chi connectivity index (χ2n) is 4.62. The minimum atomic E-state index is -1.11. The van der Waals surface area contributed by atoms with Crippen LogP contribution in [0.1, 0.15) is 6.92 Å². The number of hydrogen-bond acceptors (Lipinski definition) is 8. The highest BCUT2D eigenvalue weighted by atomic mass is 16.8. The lowest BCUT2D eigenvalue weighted by Gasteiger charge is -2.43. The van der Waals surface area contributed by atoms with Crippen molar-refractivity contribution in [3.63, 3.8) is 0 Å². The van der Waals surface area contributed by atoms with Gasteiger partial charge in [-0.05, 0) is 6.92 Å². The van der Waals surface area contributed by atoms with Gasteiger partial charge in [-0.25, -0.2) is 4.79 Å². The van der Waals surface area contributed by atoms with E-state index in [1.807, 2.05) is 0 Å². The molecule has 7 unspecified atom stereocenters. The third kappa shape index (κ3) is 2.24. The van der Waals surface area contributed by atoms with Crippen LogP contribution in [0, 0.1) is 0 Å². The fraction of sp³-hybridized carbons (Fsp3) is 0.909. The Morgan fingerprint density at radius 2 is 1.89 bits per heavy atom. The van der Waals surface area contributed by atoms with Crippen LogP contribution in [0.15, 0.2) is 0 Å². The molecule has 3 saturated heterocycles. The summed E-state index contributed by atoms with van der Waals surface area (Å²) in [7, 11) is 1.25. The second kappa shape index (κ2) is 4.97. The highest BCUT2D eigenvalue weighted by molar-refractivity contribution is 5.73. The van der Waals surface area contributed by atoms with Crippen molar-refractivity contribution < 1.29 is 38.3 Å². The number of hydrogen-bond donors (Lipinski definition) is 1. The van der Waals surface area contributed by atoms with E-state index in [0.29, 0.717) is 0 Å². The van der Waals surface area contributed by atoms with Crippen molar-refractivity contribution in [1.29, 1.82) is 0 Å². The number of aliphatic hydroxyl groups is 1. The first-order chi connectivity index (χ1) is 9.10. The maximum atomic E-state index is 11.4. The molecule has 3 fully saturated rings. The molecule has 3 aliphatic heterocycles. The zero-order valence-corrected chi connectivity index (χ0v) is 10.6. The largest absolute Gasteiger partial charge is 0.465 e. The molecule has 0 aromatic rings. The average molecular weight is 276 g/mol. The molecule has 8 heteroatoms. The van der Waals surface area contributed by atoms with Gasteiger partial charge >= 0.3 is 5.97 Å². The first kappa shape index (κ1) is 13.2. The lowest BCUT2D eigenvalue weighted by molar-refractivity contribution is -0.332. The van der Waals surface area contributed by atoms with Crippen molar-refractivity contribution in [3.8, 4) is 0 Å². The van der Waals surface area contributed by atoms with Crippen LogP contribution in [0.3, 0.4) is 0 Å². The van der Waals surface area contributed by atoms with Crippen molar-refractivity contribution in [3.05, 3.63) is 0 Å². The maximum absolute atomic E-state index is 11.4. The summed E-state index contributed by atoms with van der Waals surface area (Å²) < 4.78 is 31.6. The second-order valence-corrected chi connectivity index (χ2v) is 4.62. The van der Waals surface area contributed by atoms with Crippen molar-refractivity contribution in [2.75, 3.05) is 13.7 Å². The molecule has 3 heterocycles. The third-order valence-corrected chi connectivity index (χ3v) is 3.39. The molecule has 0 aromatic heterocycles. The number of esters is 1. The number of carbonyl (C=O) groups is 1. The molecular formula is C11H16O8. The van der Waals surface area contributed by atoms with Crippen LogP contribution in [0.2, 0.25) is 0 Å². The molecule has 0 aromatic carbocycles. The normalized spacial score (nSPS) is 49.3. The fourth-order valence-electron chi connectivity index (χ4n) is 2.55. The Labute approximate surface area is 109 Å². The van der Waals surface area contributed by atoms with Crippen LogP contribution >= 0.6 is 0 Å². The van der Waals surface area contributed by atoms with E-state index in [2.05, 4.69) is 4.74 Å². The van der Waals surface area contributed by atoms with E-state index in [4.69, 9.17) is 23.7 Å². The van der Waals surface area contributed by atoms with E-state index in [1.54, 1.807) is 6.92 Å². The standard InChI is InChI=1S/C11H16O8/c1-4-16-7-6-5(18-9(12)8(7)17-4)3-15-11(19-6)10(13)14-2/h4-9,11-12H,3H2,1-2H3. The minimum Gasteiger partial charge on any atom is -0.465 e. The highest BCUT2D eigenvalue weighted by Crippen LogP contribution is 2.35. The topological polar surface area (TPSA) is 92.7 Å². The van der Waals surface area contributed by atoms with E-state index in [0.717, 1.165) is 0 Å². The Morgan fingerprint density at radius 3 is 2.63 bits per heavy atom. The van der Waals surface area contributed by atoms with Gasteiger partial charge < -0.3 is 33.5 Å². The zero-order chi connectivity index (χ0) is 13.6. The molecule has 3 rings (SSSR count). The van der Waals surface area contributed by atoms with Gasteiger partial charge in [0.15, 0.2) is 12.6 Å². The summed E-state index contributed by atoms with van der Waals surface area (Å²) in [6.45, 7) is 1.83. The molecular weight excluding hydrogens is 260 g/mol. The Morgan fingerprint density at radius 1 is 1.16 bits per heavy atom. The quantitative estimate of drug-likeness (QED) is 0.594. The first-order valence-electron chi connectivity index (χ1n) is 6.09. The summed E-state index contributed by atoms with van der Waals surface area (Å²) in [6.07, 6.45) is -4.85. The van der Waals surface area contributed by atoms with Gasteiger partial charge in [-0.15, -0.1) is 0 Å². The van der Waals surface area contributed by atoms with Crippen molar-refractivity contribution in [2.45, 2.75) is 50.2 Å². The third-order valence-electron chi connectivity index (χ3n) is 3.39. The molecule has 7 atom stereocenters. The number of aliphatic hydroxyl groups excluding tert-OH is 1. The summed E-state index contributed by atoms with van der Waals surface area (Å²) in [5.41, 5.74) is 0. The van der Waals surface area contributed by atoms with Crippen LogP contribution in [0.5, 0.6) is 0 Å². The fourth-order valence-corrected chi connectivity index (χ4v) is 2.55. The van der Waals surface area contributed by atoms with Crippen LogP contribution in [0.4, 0.5) is 0 Å². The lowest BCUT2D eigenvalue weighted by atomic mass is 9.98. The van der Waals surface area contributed by atoms with Crippen molar-refractivity contribution >= 4 is 5.97 Å². The number of rotatable bonds is 1. The molecule has 0 amide bonds. The van der Waals surface area contributed by atoms with Crippen LogP contribution in [0.25, 0.3) is 0 Å². The summed E-state index contributed by atoms with van der Waals surface area (Å²) in [5, 5.41) is 9.83. The van der Waals surface area contributed by atoms with Gasteiger partial charge in [0.1, 0.15) is 24.4 Å². The van der Waals surface area contributed by atoms with Crippen LogP contribution < -0.4 is 0 Å². The maximum Gasteiger partial charge on any atom is 0.363 e. The predicted octanol–water partition coefficient (Wildman–Crippen LogP) is -1.25. The Bertz CT molecular complexity index is 361. The molecule has 0 bridgehead atoms. The number of carbonyl (C=O) groups excluding carboxylic acids is 1. The van der Waals surface area contributed by atoms with Crippen molar-refractivity contribution in [2.24, 2.45) is 0 Å². The molecule has 0 spiro atoms. The zero-order valence-electron chi connectivity index (χ0n) is 10.6. The van der Waals surface area contributed by atoms with E-state index in [1.165, 1.54) is 7.11 Å². The van der Waals surface area contributed by atoms with Gasteiger partial charge in [0.05, 0.1) is 13.7 Å². The van der Waals surface area contributed by atoms with Gasteiger partial charge in [-0.3, -0.25) is 0 Å². The summed E-state index contributed by atoms with van der Waals surface area (Å²) in [5.74, 6) is -0.618. The van der Waals surface area contributed by atoms with Crippen LogP contribution in [-0.2, 0) is 33.2 Å². The van der Waals surface area contributed by atoms with Gasteiger partial charge in [-0.2, -0.15) is 0 Å². The Hall–Kier alpha value is -0.770.